The van der Waals surface area contributed by atoms with Crippen LogP contribution in [0.5, 0.6) is 5.75 Å². The number of aryl methyl sites for hydroxylation is 1. The molecule has 3 N–H and O–H groups in total. The Kier molecular flexibility index (Phi) is 11.6. The largest absolute Gasteiger partial charge is 0.491 e. The summed E-state index contributed by atoms with van der Waals surface area (Å²) in [5.74, 6) is 1.64. The third-order valence-corrected chi connectivity index (χ3v) is 5.29. The van der Waals surface area contributed by atoms with Crippen LogP contribution >= 0.6 is 0 Å². The van der Waals surface area contributed by atoms with E-state index >= 15 is 0 Å². The Morgan fingerprint density at radius 3 is 2.50 bits per heavy atom. The van der Waals surface area contributed by atoms with Crippen LogP contribution in [0.4, 0.5) is 0 Å². The molecule has 0 atom stereocenters. The van der Waals surface area contributed by atoms with E-state index in [9.17, 15) is 5.11 Å². The molecule has 0 spiro atoms. The molecule has 1 aromatic carbocycles. The first-order chi connectivity index (χ1) is 13.5. The predicted octanol–water partition coefficient (Wildman–Crippen LogP) is 3.26. The van der Waals surface area contributed by atoms with Crippen LogP contribution in [0, 0.1) is 12.3 Å². The van der Waals surface area contributed by atoms with Crippen LogP contribution < -0.4 is 15.4 Å². The molecule has 0 radical (unpaired) electrons. The van der Waals surface area contributed by atoms with Gasteiger partial charge in [0.25, 0.3) is 0 Å². The van der Waals surface area contributed by atoms with E-state index in [4.69, 9.17) is 14.5 Å². The number of ether oxygens (including phenoxy) is 2. The van der Waals surface area contributed by atoms with Crippen LogP contribution in [0.25, 0.3) is 0 Å². The van der Waals surface area contributed by atoms with E-state index in [0.717, 1.165) is 55.2 Å². The molecule has 160 valence electrons. The molecule has 0 amide bonds. The van der Waals surface area contributed by atoms with Crippen LogP contribution in [-0.4, -0.2) is 51.1 Å². The van der Waals surface area contributed by atoms with Gasteiger partial charge in [-0.05, 0) is 50.2 Å². The summed E-state index contributed by atoms with van der Waals surface area (Å²) in [6, 6.07) is 6.19. The lowest BCUT2D eigenvalue weighted by atomic mass is 9.79. The summed E-state index contributed by atoms with van der Waals surface area (Å²) < 4.78 is 10.9. The van der Waals surface area contributed by atoms with Crippen molar-refractivity contribution in [2.45, 2.75) is 53.5 Å². The fourth-order valence-electron chi connectivity index (χ4n) is 3.12. The van der Waals surface area contributed by atoms with E-state index in [2.05, 4.69) is 50.5 Å². The molecule has 0 saturated heterocycles. The van der Waals surface area contributed by atoms with Gasteiger partial charge in [0.2, 0.25) is 0 Å². The maximum atomic E-state index is 9.43. The number of hydrogen-bond donors (Lipinski definition) is 3. The molecule has 0 aliphatic carbocycles. The molecule has 28 heavy (non-hydrogen) atoms. The van der Waals surface area contributed by atoms with E-state index < -0.39 is 0 Å². The Balaban J connectivity index is 2.86. The second-order valence-corrected chi connectivity index (χ2v) is 7.18. The van der Waals surface area contributed by atoms with E-state index in [0.29, 0.717) is 19.8 Å². The third kappa shape index (κ3) is 8.07. The van der Waals surface area contributed by atoms with Crippen molar-refractivity contribution in [3.63, 3.8) is 0 Å². The van der Waals surface area contributed by atoms with Gasteiger partial charge in [-0.2, -0.15) is 0 Å². The quantitative estimate of drug-likeness (QED) is 0.272. The van der Waals surface area contributed by atoms with Crippen molar-refractivity contribution in [1.29, 1.82) is 0 Å². The maximum absolute atomic E-state index is 9.43. The molecule has 6 nitrogen and oxygen atoms in total. The van der Waals surface area contributed by atoms with Crippen molar-refractivity contribution in [3.8, 4) is 5.75 Å². The number of benzene rings is 1. The average molecular weight is 394 g/mol. The highest BCUT2D eigenvalue weighted by atomic mass is 16.5. The maximum Gasteiger partial charge on any atom is 0.191 e. The smallest absolute Gasteiger partial charge is 0.191 e. The van der Waals surface area contributed by atoms with E-state index in [-0.39, 0.29) is 12.0 Å². The van der Waals surface area contributed by atoms with Gasteiger partial charge in [-0.15, -0.1) is 0 Å². The molecule has 0 aliphatic heterocycles. The fourth-order valence-corrected chi connectivity index (χ4v) is 3.12. The SMILES string of the molecule is CCNC(=NCc1ccc(C)cc1OCCOC)NCC(CC)(CC)CCO. The second kappa shape index (κ2) is 13.4. The number of aliphatic hydroxyl groups is 1. The molecule has 0 bridgehead atoms. The monoisotopic (exact) mass is 393 g/mol. The lowest BCUT2D eigenvalue weighted by molar-refractivity contribution is 0.145. The van der Waals surface area contributed by atoms with Crippen molar-refractivity contribution in [2.75, 3.05) is 40.0 Å². The zero-order valence-electron chi connectivity index (χ0n) is 18.3. The van der Waals surface area contributed by atoms with Gasteiger partial charge in [0.15, 0.2) is 5.96 Å². The lowest BCUT2D eigenvalue weighted by Crippen LogP contribution is -2.43. The Hall–Kier alpha value is -1.79. The number of aliphatic hydroxyl groups excluding tert-OH is 1. The van der Waals surface area contributed by atoms with Crippen LogP contribution in [0.15, 0.2) is 23.2 Å². The van der Waals surface area contributed by atoms with Crippen molar-refractivity contribution >= 4 is 5.96 Å². The minimum absolute atomic E-state index is 0.0865. The normalized spacial score (nSPS) is 12.1. The van der Waals surface area contributed by atoms with Gasteiger partial charge in [0, 0.05) is 32.4 Å². The highest BCUT2D eigenvalue weighted by Crippen LogP contribution is 2.29. The van der Waals surface area contributed by atoms with Gasteiger partial charge >= 0.3 is 0 Å². The third-order valence-electron chi connectivity index (χ3n) is 5.29. The van der Waals surface area contributed by atoms with Crippen molar-refractivity contribution in [3.05, 3.63) is 29.3 Å². The Labute approximate surface area is 170 Å². The summed E-state index contributed by atoms with van der Waals surface area (Å²) in [5.41, 5.74) is 2.29. The Morgan fingerprint density at radius 2 is 1.89 bits per heavy atom. The van der Waals surface area contributed by atoms with Gasteiger partial charge in [0.05, 0.1) is 13.2 Å². The minimum Gasteiger partial charge on any atom is -0.491 e. The number of nitrogens with zero attached hydrogens (tertiary/aromatic N) is 1. The zero-order valence-corrected chi connectivity index (χ0v) is 18.3. The first-order valence-electron chi connectivity index (χ1n) is 10.4. The molecule has 1 rings (SSSR count). The van der Waals surface area contributed by atoms with Gasteiger partial charge in [0.1, 0.15) is 12.4 Å². The molecule has 0 aromatic heterocycles. The number of hydrogen-bond acceptors (Lipinski definition) is 4. The Bertz CT molecular complexity index is 586. The highest BCUT2D eigenvalue weighted by Gasteiger charge is 2.25. The standard InChI is InChI=1S/C22H39N3O3/c1-6-22(7-2,11-12-26)17-25-21(23-8-3)24-16-19-10-9-18(4)15-20(19)28-14-13-27-5/h9-10,15,26H,6-8,11-14,16-17H2,1-5H3,(H2,23,24,25). The highest BCUT2D eigenvalue weighted by molar-refractivity contribution is 5.79. The van der Waals surface area contributed by atoms with E-state index in [1.807, 2.05) is 6.07 Å². The molecule has 0 saturated carbocycles. The molecule has 0 aliphatic rings. The minimum atomic E-state index is 0.0865. The zero-order chi connectivity index (χ0) is 20.8. The fraction of sp³-hybridized carbons (Fsp3) is 0.682. The topological polar surface area (TPSA) is 75.1 Å². The van der Waals surface area contributed by atoms with Crippen LogP contribution in [0.3, 0.4) is 0 Å². The van der Waals surface area contributed by atoms with Gasteiger partial charge < -0.3 is 25.2 Å². The van der Waals surface area contributed by atoms with Gasteiger partial charge in [-0.1, -0.05) is 26.0 Å². The predicted molar refractivity (Wildman–Crippen MR) is 116 cm³/mol. The molecule has 6 heteroatoms. The molecule has 0 heterocycles. The van der Waals surface area contributed by atoms with Gasteiger partial charge in [-0.25, -0.2) is 4.99 Å². The Morgan fingerprint density at radius 1 is 1.14 bits per heavy atom. The molecular weight excluding hydrogens is 354 g/mol. The van der Waals surface area contributed by atoms with Crippen LogP contribution in [-0.2, 0) is 11.3 Å². The summed E-state index contributed by atoms with van der Waals surface area (Å²) in [6.07, 6.45) is 2.83. The summed E-state index contributed by atoms with van der Waals surface area (Å²) in [7, 11) is 1.67. The van der Waals surface area contributed by atoms with Crippen LogP contribution in [0.1, 0.15) is 51.2 Å². The summed E-state index contributed by atoms with van der Waals surface area (Å²) in [4.78, 5) is 4.75. The first kappa shape index (κ1) is 24.2. The van der Waals surface area contributed by atoms with Gasteiger partial charge in [-0.3, -0.25) is 0 Å². The van der Waals surface area contributed by atoms with Crippen molar-refractivity contribution < 1.29 is 14.6 Å². The van der Waals surface area contributed by atoms with Crippen LogP contribution in [0.2, 0.25) is 0 Å². The first-order valence-corrected chi connectivity index (χ1v) is 10.4. The van der Waals surface area contributed by atoms with Crippen molar-refractivity contribution in [2.24, 2.45) is 10.4 Å². The summed E-state index contributed by atoms with van der Waals surface area (Å²) in [5, 5.41) is 16.2. The second-order valence-electron chi connectivity index (χ2n) is 7.18. The molecule has 0 fully saturated rings. The number of rotatable bonds is 13. The van der Waals surface area contributed by atoms with E-state index in [1.165, 1.54) is 0 Å². The molecule has 1 aromatic rings. The summed E-state index contributed by atoms with van der Waals surface area (Å²) >= 11 is 0. The summed E-state index contributed by atoms with van der Waals surface area (Å²) in [6.45, 7) is 11.9. The average Bonchev–Trinajstić information content (AvgIpc) is 2.70. The molecular formula is C22H39N3O3. The van der Waals surface area contributed by atoms with Crippen molar-refractivity contribution in [1.82, 2.24) is 10.6 Å². The number of methoxy groups -OCH3 is 1. The number of nitrogens with one attached hydrogen (secondary N) is 2. The number of guanidine groups is 1. The molecule has 0 unspecified atom stereocenters. The number of aliphatic imine (C=N–C) groups is 1. The lowest BCUT2D eigenvalue weighted by Gasteiger charge is -2.32. The van der Waals surface area contributed by atoms with E-state index in [1.54, 1.807) is 7.11 Å².